The number of nitrogens with zero attached hydrogens (tertiary/aromatic N) is 1. The molecule has 288 valence electrons. The van der Waals surface area contributed by atoms with Crippen LogP contribution in [-0.2, 0) is 0 Å². The first-order chi connectivity index (χ1) is 29.8. The van der Waals surface area contributed by atoms with E-state index in [0.717, 1.165) is 50.1 Å². The van der Waals surface area contributed by atoms with Gasteiger partial charge in [-0.2, -0.15) is 0 Å². The third kappa shape index (κ3) is 6.55. The minimum absolute atomic E-state index is 0.579. The average Bonchev–Trinajstić information content (AvgIpc) is 3.70. The zero-order chi connectivity index (χ0) is 39.8. The number of rotatable bonds is 8. The molecular formula is C58H45NO. The van der Waals surface area contributed by atoms with Crippen LogP contribution in [0.1, 0.15) is 43.6 Å². The number of benzene rings is 9. The fraction of sp³-hybridized carbons (Fsp3) is 0.103. The molecule has 1 aromatic heterocycles. The summed E-state index contributed by atoms with van der Waals surface area (Å²) in [7, 11) is 0. The van der Waals surface area contributed by atoms with E-state index in [2.05, 4.69) is 205 Å². The fourth-order valence-electron chi connectivity index (χ4n) is 9.75. The Morgan fingerprint density at radius 3 is 1.68 bits per heavy atom. The number of fused-ring (bicyclic) bond motifs is 4. The van der Waals surface area contributed by atoms with Gasteiger partial charge in [0.2, 0.25) is 0 Å². The van der Waals surface area contributed by atoms with E-state index in [-0.39, 0.29) is 0 Å². The van der Waals surface area contributed by atoms with Crippen molar-refractivity contribution >= 4 is 49.8 Å². The van der Waals surface area contributed by atoms with Gasteiger partial charge in [0, 0.05) is 27.6 Å². The second kappa shape index (κ2) is 15.5. The van der Waals surface area contributed by atoms with E-state index >= 15 is 0 Å². The molecule has 11 rings (SSSR count). The molecule has 1 aliphatic rings. The molecule has 0 radical (unpaired) electrons. The van der Waals surface area contributed by atoms with Gasteiger partial charge >= 0.3 is 0 Å². The zero-order valence-corrected chi connectivity index (χ0v) is 33.6. The first-order valence-electron chi connectivity index (χ1n) is 21.4. The average molecular weight is 772 g/mol. The van der Waals surface area contributed by atoms with Gasteiger partial charge in [0.25, 0.3) is 0 Å². The van der Waals surface area contributed by atoms with Crippen molar-refractivity contribution in [2.45, 2.75) is 38.0 Å². The predicted octanol–water partition coefficient (Wildman–Crippen LogP) is 16.9. The van der Waals surface area contributed by atoms with Gasteiger partial charge in [-0.1, -0.05) is 183 Å². The number of furan rings is 1. The van der Waals surface area contributed by atoms with Crippen LogP contribution in [0.5, 0.6) is 0 Å². The van der Waals surface area contributed by atoms with E-state index in [9.17, 15) is 0 Å². The summed E-state index contributed by atoms with van der Waals surface area (Å²) in [6, 6.07) is 75.2. The molecule has 0 unspecified atom stereocenters. The molecule has 1 saturated carbocycles. The maximum atomic E-state index is 6.44. The Morgan fingerprint density at radius 2 is 0.933 bits per heavy atom. The Hall–Kier alpha value is -7.16. The molecule has 0 bridgehead atoms. The topological polar surface area (TPSA) is 16.4 Å². The Morgan fingerprint density at radius 1 is 0.383 bits per heavy atom. The first kappa shape index (κ1) is 36.0. The molecule has 0 saturated heterocycles. The highest BCUT2D eigenvalue weighted by Crippen LogP contribution is 2.48. The van der Waals surface area contributed by atoms with Gasteiger partial charge in [-0.25, -0.2) is 0 Å². The summed E-state index contributed by atoms with van der Waals surface area (Å²) in [5.41, 5.74) is 16.2. The molecule has 60 heavy (non-hydrogen) atoms. The number of hydrogen-bond acceptors (Lipinski definition) is 2. The monoisotopic (exact) mass is 771 g/mol. The minimum Gasteiger partial charge on any atom is -0.456 e. The highest BCUT2D eigenvalue weighted by molar-refractivity contribution is 6.07. The highest BCUT2D eigenvalue weighted by Gasteiger charge is 2.24. The molecule has 2 heteroatoms. The zero-order valence-electron chi connectivity index (χ0n) is 33.6. The summed E-state index contributed by atoms with van der Waals surface area (Å²) in [5.74, 6) is 0.579. The minimum atomic E-state index is 0.579. The summed E-state index contributed by atoms with van der Waals surface area (Å²) in [4.78, 5) is 2.47. The fourth-order valence-corrected chi connectivity index (χ4v) is 9.75. The van der Waals surface area contributed by atoms with Gasteiger partial charge in [0.05, 0.1) is 11.4 Å². The van der Waals surface area contributed by atoms with Crippen molar-refractivity contribution < 1.29 is 4.42 Å². The highest BCUT2D eigenvalue weighted by atomic mass is 16.3. The Balaban J connectivity index is 1.08. The van der Waals surface area contributed by atoms with Crippen molar-refractivity contribution in [3.63, 3.8) is 0 Å². The van der Waals surface area contributed by atoms with E-state index in [1.165, 1.54) is 81.8 Å². The van der Waals surface area contributed by atoms with Crippen LogP contribution in [0.3, 0.4) is 0 Å². The normalized spacial score (nSPS) is 13.3. The SMILES string of the molecule is c1ccc(-c2ccc(-c3ccc(N(c4ccccc4-c4ccc5c(c4)oc4ccccc45)c4ccccc4-c4cccc5cccc(C6CCCCC6)c45)cc3)cc2)cc1. The first-order valence-corrected chi connectivity index (χ1v) is 21.4. The summed E-state index contributed by atoms with van der Waals surface area (Å²) in [5, 5.41) is 4.96. The number of para-hydroxylation sites is 3. The lowest BCUT2D eigenvalue weighted by atomic mass is 9.80. The van der Waals surface area contributed by atoms with Crippen molar-refractivity contribution in [2.75, 3.05) is 4.90 Å². The van der Waals surface area contributed by atoms with E-state index in [1.807, 2.05) is 6.07 Å². The lowest BCUT2D eigenvalue weighted by molar-refractivity contribution is 0.445. The largest absolute Gasteiger partial charge is 0.456 e. The van der Waals surface area contributed by atoms with Crippen LogP contribution < -0.4 is 4.90 Å². The summed E-state index contributed by atoms with van der Waals surface area (Å²) in [6.07, 6.45) is 6.46. The third-order valence-electron chi connectivity index (χ3n) is 12.7. The molecule has 1 aliphatic carbocycles. The smallest absolute Gasteiger partial charge is 0.136 e. The van der Waals surface area contributed by atoms with Crippen molar-refractivity contribution in [1.29, 1.82) is 0 Å². The van der Waals surface area contributed by atoms with Gasteiger partial charge in [-0.3, -0.25) is 0 Å². The van der Waals surface area contributed by atoms with Crippen molar-refractivity contribution in [1.82, 2.24) is 0 Å². The van der Waals surface area contributed by atoms with Crippen molar-refractivity contribution in [3.05, 3.63) is 212 Å². The van der Waals surface area contributed by atoms with Gasteiger partial charge < -0.3 is 9.32 Å². The molecule has 0 aliphatic heterocycles. The lowest BCUT2D eigenvalue weighted by Gasteiger charge is -2.31. The van der Waals surface area contributed by atoms with Crippen LogP contribution in [0.25, 0.3) is 77.2 Å². The van der Waals surface area contributed by atoms with E-state index in [1.54, 1.807) is 0 Å². The second-order valence-electron chi connectivity index (χ2n) is 16.3. The quantitative estimate of drug-likeness (QED) is 0.153. The third-order valence-corrected chi connectivity index (χ3v) is 12.7. The molecular weight excluding hydrogens is 727 g/mol. The maximum Gasteiger partial charge on any atom is 0.136 e. The molecule has 0 spiro atoms. The molecule has 0 atom stereocenters. The second-order valence-corrected chi connectivity index (χ2v) is 16.3. The van der Waals surface area contributed by atoms with Crippen LogP contribution in [0, 0.1) is 0 Å². The number of anilines is 3. The molecule has 0 N–H and O–H groups in total. The molecule has 1 fully saturated rings. The van der Waals surface area contributed by atoms with Crippen LogP contribution >= 0.6 is 0 Å². The van der Waals surface area contributed by atoms with E-state index in [0.29, 0.717) is 5.92 Å². The Kier molecular flexibility index (Phi) is 9.32. The van der Waals surface area contributed by atoms with Gasteiger partial charge in [0.1, 0.15) is 11.2 Å². The van der Waals surface area contributed by atoms with E-state index < -0.39 is 0 Å². The number of hydrogen-bond donors (Lipinski definition) is 0. The molecule has 10 aromatic rings. The summed E-state index contributed by atoms with van der Waals surface area (Å²) >= 11 is 0. The lowest BCUT2D eigenvalue weighted by Crippen LogP contribution is -2.12. The van der Waals surface area contributed by atoms with Crippen molar-refractivity contribution in [2.24, 2.45) is 0 Å². The standard InChI is InChI=1S/C58H45NO/c1-3-15-40(16-4-1)41-29-31-42(32-30-41)43-33-36-47(37-34-43)59(54-26-10-7-21-48(54)46-35-38-52-51-23-9-12-28-56(51)60-57(52)39-46)55-27-11-8-22-50(55)53-25-14-20-45-19-13-24-49(58(45)53)44-17-5-2-6-18-44/h1,3-4,7-16,19-39,44H,2,5-6,17-18H2. The van der Waals surface area contributed by atoms with Crippen LogP contribution in [0.4, 0.5) is 17.1 Å². The van der Waals surface area contributed by atoms with Gasteiger partial charge in [-0.15, -0.1) is 0 Å². The molecule has 2 nitrogen and oxygen atoms in total. The Bertz CT molecular complexity index is 3110. The van der Waals surface area contributed by atoms with E-state index in [4.69, 9.17) is 4.42 Å². The van der Waals surface area contributed by atoms with Gasteiger partial charge in [0.15, 0.2) is 0 Å². The van der Waals surface area contributed by atoms with Crippen LogP contribution in [-0.4, -0.2) is 0 Å². The summed E-state index contributed by atoms with van der Waals surface area (Å²) < 4.78 is 6.44. The maximum absolute atomic E-state index is 6.44. The molecule has 9 aromatic carbocycles. The van der Waals surface area contributed by atoms with Crippen molar-refractivity contribution in [3.8, 4) is 44.5 Å². The summed E-state index contributed by atoms with van der Waals surface area (Å²) in [6.45, 7) is 0. The Labute approximate surface area is 352 Å². The predicted molar refractivity (Wildman–Crippen MR) is 253 cm³/mol. The van der Waals surface area contributed by atoms with Crippen LogP contribution in [0.2, 0.25) is 0 Å². The van der Waals surface area contributed by atoms with Crippen LogP contribution in [0.15, 0.2) is 211 Å². The molecule has 1 heterocycles. The van der Waals surface area contributed by atoms with Gasteiger partial charge in [-0.05, 0) is 111 Å². The molecule has 0 amide bonds.